The van der Waals surface area contributed by atoms with Gasteiger partial charge in [-0.25, -0.2) is 4.98 Å². The number of rotatable bonds is 13. The van der Waals surface area contributed by atoms with E-state index >= 15 is 0 Å². The Morgan fingerprint density at radius 2 is 2.07 bits per heavy atom. The number of ether oxygens (including phenoxy) is 2. The lowest BCUT2D eigenvalue weighted by Crippen LogP contribution is -2.22. The maximum absolute atomic E-state index is 11.5. The quantitative estimate of drug-likeness (QED) is 0.288. The SMILES string of the molecule is CCCOc1ccc(C=NNc2nc(CC(=O)OCC)cs2)cc1CN(CC)CC. The molecule has 0 aliphatic carbocycles. The minimum Gasteiger partial charge on any atom is -0.493 e. The van der Waals surface area contributed by atoms with Gasteiger partial charge in [0.15, 0.2) is 0 Å². The lowest BCUT2D eigenvalue weighted by atomic mass is 10.1. The van der Waals surface area contributed by atoms with Crippen LogP contribution in [0.1, 0.15) is 50.9 Å². The van der Waals surface area contributed by atoms with Crippen molar-refractivity contribution in [3.63, 3.8) is 0 Å². The number of hydrazone groups is 1. The maximum Gasteiger partial charge on any atom is 0.311 e. The standard InChI is InChI=1S/C22H32N4O3S/c1-5-11-29-20-10-9-17(12-18(20)15-26(6-2)7-3)14-23-25-22-24-19(16-30-22)13-21(27)28-8-4/h9-10,12,14,16H,5-8,11,13,15H2,1-4H3,(H,24,25). The molecule has 0 bridgehead atoms. The highest BCUT2D eigenvalue weighted by Crippen LogP contribution is 2.22. The Balaban J connectivity index is 2.03. The average Bonchev–Trinajstić information content (AvgIpc) is 3.18. The van der Waals surface area contributed by atoms with Crippen molar-refractivity contribution in [3.05, 3.63) is 40.4 Å². The smallest absolute Gasteiger partial charge is 0.311 e. The van der Waals surface area contributed by atoms with E-state index in [1.165, 1.54) is 11.3 Å². The summed E-state index contributed by atoms with van der Waals surface area (Å²) in [6.07, 6.45) is 2.91. The monoisotopic (exact) mass is 432 g/mol. The molecule has 0 amide bonds. The van der Waals surface area contributed by atoms with Crippen LogP contribution in [0.25, 0.3) is 0 Å². The van der Waals surface area contributed by atoms with E-state index in [2.05, 4.69) is 47.2 Å². The summed E-state index contributed by atoms with van der Waals surface area (Å²) in [7, 11) is 0. The van der Waals surface area contributed by atoms with E-state index in [0.29, 0.717) is 24.0 Å². The third kappa shape index (κ3) is 7.76. The second-order valence-electron chi connectivity index (χ2n) is 6.67. The summed E-state index contributed by atoms with van der Waals surface area (Å²) in [6, 6.07) is 6.12. The van der Waals surface area contributed by atoms with Gasteiger partial charge in [0, 0.05) is 17.5 Å². The third-order valence-electron chi connectivity index (χ3n) is 4.39. The number of hydrogen-bond donors (Lipinski definition) is 1. The zero-order valence-electron chi connectivity index (χ0n) is 18.3. The number of hydrogen-bond acceptors (Lipinski definition) is 8. The van der Waals surface area contributed by atoms with Gasteiger partial charge in [-0.05, 0) is 50.2 Å². The highest BCUT2D eigenvalue weighted by molar-refractivity contribution is 7.13. The minimum absolute atomic E-state index is 0.170. The molecule has 0 aliphatic rings. The molecule has 0 saturated heterocycles. The molecule has 0 spiro atoms. The van der Waals surface area contributed by atoms with Crippen LogP contribution in [0.3, 0.4) is 0 Å². The molecule has 0 aliphatic heterocycles. The highest BCUT2D eigenvalue weighted by Gasteiger charge is 2.10. The van der Waals surface area contributed by atoms with Gasteiger partial charge >= 0.3 is 5.97 Å². The maximum atomic E-state index is 11.5. The summed E-state index contributed by atoms with van der Waals surface area (Å²) < 4.78 is 10.9. The van der Waals surface area contributed by atoms with Crippen molar-refractivity contribution in [2.75, 3.05) is 31.7 Å². The Morgan fingerprint density at radius 1 is 1.27 bits per heavy atom. The molecule has 1 aromatic carbocycles. The molecule has 1 N–H and O–H groups in total. The number of carbonyl (C=O) groups excluding carboxylic acids is 1. The summed E-state index contributed by atoms with van der Waals surface area (Å²) in [5.74, 6) is 0.654. The van der Waals surface area contributed by atoms with Gasteiger partial charge in [-0.3, -0.25) is 15.1 Å². The molecular weight excluding hydrogens is 400 g/mol. The first-order chi connectivity index (χ1) is 14.6. The molecule has 0 unspecified atom stereocenters. The molecule has 30 heavy (non-hydrogen) atoms. The van der Waals surface area contributed by atoms with Gasteiger partial charge in [-0.1, -0.05) is 20.8 Å². The van der Waals surface area contributed by atoms with Crippen LogP contribution in [-0.4, -0.2) is 48.4 Å². The van der Waals surface area contributed by atoms with E-state index in [0.717, 1.165) is 42.9 Å². The number of nitrogens with zero attached hydrogens (tertiary/aromatic N) is 3. The van der Waals surface area contributed by atoms with Gasteiger partial charge < -0.3 is 9.47 Å². The summed E-state index contributed by atoms with van der Waals surface area (Å²) in [5, 5.41) is 6.76. The van der Waals surface area contributed by atoms with Gasteiger partial charge in [0.05, 0.1) is 31.5 Å². The molecule has 164 valence electrons. The number of aromatic nitrogens is 1. The molecular formula is C22H32N4O3S. The fourth-order valence-electron chi connectivity index (χ4n) is 2.81. The fourth-order valence-corrected chi connectivity index (χ4v) is 3.46. The molecule has 0 saturated carbocycles. The second-order valence-corrected chi connectivity index (χ2v) is 7.53. The Hall–Kier alpha value is -2.45. The van der Waals surface area contributed by atoms with Crippen LogP contribution in [0.4, 0.5) is 5.13 Å². The number of carbonyl (C=O) groups is 1. The molecule has 0 fully saturated rings. The highest BCUT2D eigenvalue weighted by atomic mass is 32.1. The first kappa shape index (κ1) is 23.8. The summed E-state index contributed by atoms with van der Waals surface area (Å²) in [5.41, 5.74) is 5.75. The molecule has 2 aromatic rings. The van der Waals surface area contributed by atoms with Gasteiger partial charge in [0.25, 0.3) is 0 Å². The Kier molecular flexibility index (Phi) is 10.3. The fraction of sp³-hybridized carbons (Fsp3) is 0.500. The van der Waals surface area contributed by atoms with Crippen LogP contribution in [-0.2, 0) is 22.5 Å². The molecule has 1 aromatic heterocycles. The lowest BCUT2D eigenvalue weighted by molar-refractivity contribution is -0.142. The lowest BCUT2D eigenvalue weighted by Gasteiger charge is -2.20. The van der Waals surface area contributed by atoms with E-state index in [-0.39, 0.29) is 12.4 Å². The molecule has 0 radical (unpaired) electrons. The van der Waals surface area contributed by atoms with E-state index in [1.807, 2.05) is 17.5 Å². The number of nitrogens with one attached hydrogen (secondary N) is 1. The van der Waals surface area contributed by atoms with Crippen LogP contribution in [0.2, 0.25) is 0 Å². The molecule has 1 heterocycles. The second kappa shape index (κ2) is 13.0. The Morgan fingerprint density at radius 3 is 2.77 bits per heavy atom. The summed E-state index contributed by atoms with van der Waals surface area (Å²) >= 11 is 1.40. The topological polar surface area (TPSA) is 76.0 Å². The third-order valence-corrected chi connectivity index (χ3v) is 5.19. The van der Waals surface area contributed by atoms with Crippen LogP contribution >= 0.6 is 11.3 Å². The van der Waals surface area contributed by atoms with Gasteiger partial charge in [-0.2, -0.15) is 5.10 Å². The average molecular weight is 433 g/mol. The largest absolute Gasteiger partial charge is 0.493 e. The van der Waals surface area contributed by atoms with Gasteiger partial charge in [0.1, 0.15) is 5.75 Å². The molecule has 8 heteroatoms. The molecule has 0 atom stereocenters. The van der Waals surface area contributed by atoms with E-state index in [9.17, 15) is 4.79 Å². The predicted octanol–water partition coefficient (Wildman–Crippen LogP) is 4.33. The van der Waals surface area contributed by atoms with Crippen molar-refractivity contribution in [2.24, 2.45) is 5.10 Å². The van der Waals surface area contributed by atoms with Gasteiger partial charge in [-0.15, -0.1) is 11.3 Å². The van der Waals surface area contributed by atoms with Crippen molar-refractivity contribution in [1.29, 1.82) is 0 Å². The van der Waals surface area contributed by atoms with E-state index in [1.54, 1.807) is 13.1 Å². The van der Waals surface area contributed by atoms with Crippen LogP contribution in [0.5, 0.6) is 5.75 Å². The van der Waals surface area contributed by atoms with E-state index in [4.69, 9.17) is 9.47 Å². The van der Waals surface area contributed by atoms with Crippen LogP contribution in [0, 0.1) is 0 Å². The number of thiazole rings is 1. The van der Waals surface area contributed by atoms with Crippen molar-refractivity contribution >= 4 is 28.7 Å². The van der Waals surface area contributed by atoms with Crippen LogP contribution in [0.15, 0.2) is 28.7 Å². The summed E-state index contributed by atoms with van der Waals surface area (Å²) in [6.45, 7) is 12.1. The first-order valence-electron chi connectivity index (χ1n) is 10.5. The number of esters is 1. The van der Waals surface area contributed by atoms with Crippen molar-refractivity contribution in [1.82, 2.24) is 9.88 Å². The normalized spacial score (nSPS) is 11.2. The van der Waals surface area contributed by atoms with Crippen molar-refractivity contribution in [2.45, 2.75) is 47.1 Å². The number of anilines is 1. The van der Waals surface area contributed by atoms with Gasteiger partial charge in [0.2, 0.25) is 5.13 Å². The Labute approximate surface area is 183 Å². The minimum atomic E-state index is -0.274. The first-order valence-corrected chi connectivity index (χ1v) is 11.3. The number of benzene rings is 1. The summed E-state index contributed by atoms with van der Waals surface area (Å²) in [4.78, 5) is 18.3. The zero-order valence-corrected chi connectivity index (χ0v) is 19.1. The molecule has 2 rings (SSSR count). The van der Waals surface area contributed by atoms with E-state index < -0.39 is 0 Å². The zero-order chi connectivity index (χ0) is 21.8. The molecule has 7 nitrogen and oxygen atoms in total. The Bertz CT molecular complexity index is 818. The van der Waals surface area contributed by atoms with Crippen molar-refractivity contribution in [3.8, 4) is 5.75 Å². The van der Waals surface area contributed by atoms with Crippen molar-refractivity contribution < 1.29 is 14.3 Å². The van der Waals surface area contributed by atoms with Crippen LogP contribution < -0.4 is 10.2 Å². The predicted molar refractivity (Wildman–Crippen MR) is 123 cm³/mol.